The van der Waals surface area contributed by atoms with Gasteiger partial charge in [0.2, 0.25) is 15.9 Å². The zero-order valence-corrected chi connectivity index (χ0v) is 12.7. The number of amides is 1. The highest BCUT2D eigenvalue weighted by molar-refractivity contribution is 7.89. The van der Waals surface area contributed by atoms with Gasteiger partial charge in [0.15, 0.2) is 0 Å². The number of hydrogen-bond acceptors (Lipinski definition) is 4. The van der Waals surface area contributed by atoms with E-state index < -0.39 is 21.5 Å². The van der Waals surface area contributed by atoms with E-state index in [4.69, 9.17) is 10.8 Å². The lowest BCUT2D eigenvalue weighted by Gasteiger charge is -2.21. The van der Waals surface area contributed by atoms with Gasteiger partial charge in [-0.2, -0.15) is 4.72 Å². The minimum Gasteiger partial charge on any atom is -0.395 e. The van der Waals surface area contributed by atoms with E-state index in [0.717, 1.165) is 0 Å². The molecule has 7 heteroatoms. The number of aliphatic hydroxyl groups excluding tert-OH is 1. The number of primary amides is 1. The van der Waals surface area contributed by atoms with Gasteiger partial charge in [0.25, 0.3) is 0 Å². The van der Waals surface area contributed by atoms with E-state index in [1.807, 2.05) is 0 Å². The second-order valence-corrected chi connectivity index (χ2v) is 6.58. The van der Waals surface area contributed by atoms with Crippen LogP contribution in [-0.4, -0.2) is 31.6 Å². The first-order valence-corrected chi connectivity index (χ1v) is 7.71. The summed E-state index contributed by atoms with van der Waals surface area (Å²) >= 11 is 0. The minimum absolute atomic E-state index is 0.0181. The van der Waals surface area contributed by atoms with Crippen LogP contribution in [0.2, 0.25) is 0 Å². The van der Waals surface area contributed by atoms with Gasteiger partial charge in [-0.05, 0) is 38.1 Å². The predicted octanol–water partition coefficient (Wildman–Crippen LogP) is -0.0373. The van der Waals surface area contributed by atoms with Gasteiger partial charge in [0.05, 0.1) is 11.5 Å². The monoisotopic (exact) mass is 310 g/mol. The van der Waals surface area contributed by atoms with Gasteiger partial charge in [-0.3, -0.25) is 4.79 Å². The number of carbonyl (C=O) groups is 1. The van der Waals surface area contributed by atoms with Crippen molar-refractivity contribution in [2.75, 3.05) is 6.61 Å². The van der Waals surface area contributed by atoms with E-state index in [2.05, 4.69) is 16.6 Å². The van der Waals surface area contributed by atoms with E-state index in [0.29, 0.717) is 12.0 Å². The van der Waals surface area contributed by atoms with Crippen LogP contribution in [0.1, 0.15) is 25.8 Å². The summed E-state index contributed by atoms with van der Waals surface area (Å²) in [7, 11) is -3.84. The van der Waals surface area contributed by atoms with Crippen LogP contribution >= 0.6 is 0 Å². The molecule has 0 aliphatic rings. The van der Waals surface area contributed by atoms with E-state index in [9.17, 15) is 13.2 Å². The van der Waals surface area contributed by atoms with Crippen molar-refractivity contribution in [3.8, 4) is 11.8 Å². The highest BCUT2D eigenvalue weighted by Crippen LogP contribution is 2.13. The second kappa shape index (κ2) is 6.72. The molecule has 0 bridgehead atoms. The summed E-state index contributed by atoms with van der Waals surface area (Å²) < 4.78 is 26.5. The topological polar surface area (TPSA) is 109 Å². The Bertz CT molecular complexity index is 667. The van der Waals surface area contributed by atoms with Crippen molar-refractivity contribution in [3.63, 3.8) is 0 Å². The zero-order valence-electron chi connectivity index (χ0n) is 11.9. The van der Waals surface area contributed by atoms with Gasteiger partial charge < -0.3 is 10.8 Å². The lowest BCUT2D eigenvalue weighted by molar-refractivity contribution is -0.122. The van der Waals surface area contributed by atoms with Crippen molar-refractivity contribution in [3.05, 3.63) is 29.8 Å². The van der Waals surface area contributed by atoms with Crippen LogP contribution in [0, 0.1) is 11.8 Å². The quantitative estimate of drug-likeness (QED) is 0.663. The Labute approximate surface area is 124 Å². The normalized spacial score (nSPS) is 11.6. The Morgan fingerprint density at radius 2 is 1.90 bits per heavy atom. The van der Waals surface area contributed by atoms with Gasteiger partial charge in [0, 0.05) is 12.0 Å². The SMILES string of the molecule is CC(C)(NS(=O)(=O)c1ccc(C#CCCO)cc1)C(N)=O. The number of carbonyl (C=O) groups excluding carboxylic acids is 1. The summed E-state index contributed by atoms with van der Waals surface area (Å²) in [5.74, 6) is 4.76. The molecule has 0 aliphatic heterocycles. The summed E-state index contributed by atoms with van der Waals surface area (Å²) in [6.45, 7) is 2.76. The fourth-order valence-corrected chi connectivity index (χ4v) is 2.77. The maximum atomic E-state index is 12.1. The number of sulfonamides is 1. The third-order valence-electron chi connectivity index (χ3n) is 2.64. The molecule has 21 heavy (non-hydrogen) atoms. The van der Waals surface area contributed by atoms with Gasteiger partial charge in [-0.1, -0.05) is 11.8 Å². The van der Waals surface area contributed by atoms with E-state index in [1.165, 1.54) is 26.0 Å². The Kier molecular flexibility index (Phi) is 5.49. The molecule has 0 heterocycles. The summed E-state index contributed by atoms with van der Waals surface area (Å²) in [5.41, 5.74) is 4.40. The zero-order chi connectivity index (χ0) is 16.1. The average molecular weight is 310 g/mol. The molecule has 0 fully saturated rings. The molecular formula is C14H18N2O4S. The molecule has 0 aromatic heterocycles. The van der Waals surface area contributed by atoms with Crippen molar-refractivity contribution in [2.24, 2.45) is 5.73 Å². The lowest BCUT2D eigenvalue weighted by Crippen LogP contribution is -2.52. The van der Waals surface area contributed by atoms with Crippen molar-refractivity contribution in [1.29, 1.82) is 0 Å². The first-order valence-electron chi connectivity index (χ1n) is 6.23. The van der Waals surface area contributed by atoms with E-state index in [-0.39, 0.29) is 11.5 Å². The van der Waals surface area contributed by atoms with Crippen molar-refractivity contribution < 1.29 is 18.3 Å². The molecule has 0 atom stereocenters. The van der Waals surface area contributed by atoms with Crippen LogP contribution in [0.25, 0.3) is 0 Å². The molecule has 0 saturated carbocycles. The Morgan fingerprint density at radius 3 is 2.38 bits per heavy atom. The first-order chi connectivity index (χ1) is 9.69. The molecule has 1 aromatic carbocycles. The summed E-state index contributed by atoms with van der Waals surface area (Å²) in [4.78, 5) is 11.2. The van der Waals surface area contributed by atoms with E-state index >= 15 is 0 Å². The van der Waals surface area contributed by atoms with Crippen LogP contribution < -0.4 is 10.5 Å². The molecule has 4 N–H and O–H groups in total. The predicted molar refractivity (Wildman–Crippen MR) is 78.6 cm³/mol. The van der Waals surface area contributed by atoms with Crippen LogP contribution in [0.15, 0.2) is 29.2 Å². The van der Waals surface area contributed by atoms with Gasteiger partial charge >= 0.3 is 0 Å². The summed E-state index contributed by atoms with van der Waals surface area (Å²) in [5, 5.41) is 8.62. The molecule has 0 spiro atoms. The largest absolute Gasteiger partial charge is 0.395 e. The van der Waals surface area contributed by atoms with Crippen molar-refractivity contribution >= 4 is 15.9 Å². The molecular weight excluding hydrogens is 292 g/mol. The molecule has 1 amide bonds. The third-order valence-corrected chi connectivity index (χ3v) is 4.31. The molecule has 6 nitrogen and oxygen atoms in total. The third kappa shape index (κ3) is 4.86. The van der Waals surface area contributed by atoms with Crippen LogP contribution in [0.4, 0.5) is 0 Å². The van der Waals surface area contributed by atoms with Crippen LogP contribution in [0.5, 0.6) is 0 Å². The molecule has 0 unspecified atom stereocenters. The molecule has 1 aromatic rings. The smallest absolute Gasteiger partial charge is 0.241 e. The maximum Gasteiger partial charge on any atom is 0.241 e. The summed E-state index contributed by atoms with van der Waals surface area (Å²) in [6, 6.07) is 5.89. The molecule has 114 valence electrons. The Hall–Kier alpha value is -1.88. The number of nitrogens with one attached hydrogen (secondary N) is 1. The number of nitrogens with two attached hydrogens (primary N) is 1. The van der Waals surface area contributed by atoms with Gasteiger partial charge in [0.1, 0.15) is 5.54 Å². The fraction of sp³-hybridized carbons (Fsp3) is 0.357. The van der Waals surface area contributed by atoms with Crippen LogP contribution in [0.3, 0.4) is 0 Å². The Morgan fingerprint density at radius 1 is 1.33 bits per heavy atom. The average Bonchev–Trinajstić information content (AvgIpc) is 2.38. The summed E-state index contributed by atoms with van der Waals surface area (Å²) in [6.07, 6.45) is 0.356. The number of aliphatic hydroxyl groups is 1. The Balaban J connectivity index is 2.96. The fourth-order valence-electron chi connectivity index (χ4n) is 1.38. The second-order valence-electron chi connectivity index (χ2n) is 4.89. The lowest BCUT2D eigenvalue weighted by atomic mass is 10.1. The number of rotatable bonds is 5. The van der Waals surface area contributed by atoms with Crippen LogP contribution in [-0.2, 0) is 14.8 Å². The minimum atomic E-state index is -3.84. The molecule has 0 radical (unpaired) electrons. The van der Waals surface area contributed by atoms with Crippen molar-refractivity contribution in [2.45, 2.75) is 30.7 Å². The standard InChI is InChI=1S/C14H18N2O4S/c1-14(2,13(15)18)16-21(19,20)12-8-6-11(7-9-12)5-3-4-10-17/h6-9,16-17H,4,10H2,1-2H3,(H2,15,18). The molecule has 1 rings (SSSR count). The highest BCUT2D eigenvalue weighted by Gasteiger charge is 2.31. The molecule has 0 saturated heterocycles. The van der Waals surface area contributed by atoms with Gasteiger partial charge in [-0.15, -0.1) is 0 Å². The molecule has 0 aliphatic carbocycles. The maximum absolute atomic E-state index is 12.1. The van der Waals surface area contributed by atoms with Gasteiger partial charge in [-0.25, -0.2) is 8.42 Å². The number of benzene rings is 1. The highest BCUT2D eigenvalue weighted by atomic mass is 32.2. The first kappa shape index (κ1) is 17.2. The van der Waals surface area contributed by atoms with E-state index in [1.54, 1.807) is 12.1 Å². The number of hydrogen-bond donors (Lipinski definition) is 3. The van der Waals surface area contributed by atoms with Crippen molar-refractivity contribution in [1.82, 2.24) is 4.72 Å².